The smallest absolute Gasteiger partial charge is 0.215 e. The first-order valence-corrected chi connectivity index (χ1v) is 9.29. The highest BCUT2D eigenvalue weighted by Crippen LogP contribution is 2.12. The van der Waals surface area contributed by atoms with Crippen LogP contribution >= 0.6 is 11.6 Å². The van der Waals surface area contributed by atoms with Gasteiger partial charge in [0.25, 0.3) is 0 Å². The molecule has 0 radical (unpaired) electrons. The number of fused-ring (bicyclic) bond motifs is 1. The topological polar surface area (TPSA) is 63.5 Å². The van der Waals surface area contributed by atoms with Gasteiger partial charge in [0.1, 0.15) is 11.5 Å². The van der Waals surface area contributed by atoms with E-state index in [-0.39, 0.29) is 12.3 Å². The van der Waals surface area contributed by atoms with Crippen LogP contribution in [0.3, 0.4) is 0 Å². The van der Waals surface area contributed by atoms with Gasteiger partial charge in [0.05, 0.1) is 16.5 Å². The highest BCUT2D eigenvalue weighted by molar-refractivity contribution is 7.88. The minimum absolute atomic E-state index is 0.186. The molecule has 0 saturated heterocycles. The molecule has 0 fully saturated rings. The van der Waals surface area contributed by atoms with Crippen LogP contribution in [-0.2, 0) is 22.2 Å². The van der Waals surface area contributed by atoms with E-state index in [1.807, 2.05) is 6.20 Å². The zero-order valence-corrected chi connectivity index (χ0v) is 14.2. The molecular weight excluding hydrogens is 353 g/mol. The maximum atomic E-state index is 12.8. The van der Waals surface area contributed by atoms with E-state index < -0.39 is 15.8 Å². The quantitative estimate of drug-likeness (QED) is 0.728. The highest BCUT2D eigenvalue weighted by atomic mass is 35.5. The van der Waals surface area contributed by atoms with Crippen molar-refractivity contribution in [3.8, 4) is 0 Å². The van der Waals surface area contributed by atoms with Crippen LogP contribution in [0.25, 0.3) is 5.65 Å². The molecule has 126 valence electrons. The van der Waals surface area contributed by atoms with E-state index in [0.29, 0.717) is 17.0 Å². The van der Waals surface area contributed by atoms with Crippen molar-refractivity contribution in [3.05, 3.63) is 70.9 Å². The first kappa shape index (κ1) is 16.9. The summed E-state index contributed by atoms with van der Waals surface area (Å²) in [4.78, 5) is 4.39. The largest absolute Gasteiger partial charge is 0.305 e. The van der Waals surface area contributed by atoms with Gasteiger partial charge in [-0.2, -0.15) is 0 Å². The lowest BCUT2D eigenvalue weighted by atomic mass is 10.2. The third kappa shape index (κ3) is 4.31. The summed E-state index contributed by atoms with van der Waals surface area (Å²) >= 11 is 5.92. The molecule has 0 bridgehead atoms. The Kier molecular flexibility index (Phi) is 4.84. The molecule has 5 nitrogen and oxygen atoms in total. The monoisotopic (exact) mass is 367 g/mol. The number of aromatic nitrogens is 2. The van der Waals surface area contributed by atoms with Crippen LogP contribution in [0.1, 0.15) is 11.3 Å². The van der Waals surface area contributed by atoms with E-state index in [0.717, 1.165) is 11.3 Å². The van der Waals surface area contributed by atoms with E-state index in [1.54, 1.807) is 22.7 Å². The minimum atomic E-state index is -3.48. The van der Waals surface area contributed by atoms with Gasteiger partial charge in [0.15, 0.2) is 0 Å². The molecule has 0 aliphatic rings. The van der Waals surface area contributed by atoms with Crippen molar-refractivity contribution in [2.24, 2.45) is 0 Å². The van der Waals surface area contributed by atoms with Crippen molar-refractivity contribution in [1.82, 2.24) is 14.1 Å². The Balaban J connectivity index is 1.58. The predicted octanol–water partition coefficient (Wildman–Crippen LogP) is 2.79. The lowest BCUT2D eigenvalue weighted by Crippen LogP contribution is -2.27. The summed E-state index contributed by atoms with van der Waals surface area (Å²) in [7, 11) is -3.48. The fourth-order valence-electron chi connectivity index (χ4n) is 2.32. The van der Waals surface area contributed by atoms with Crippen LogP contribution < -0.4 is 4.72 Å². The molecule has 0 saturated carbocycles. The molecule has 8 heteroatoms. The average molecular weight is 368 g/mol. The molecule has 0 amide bonds. The Bertz CT molecular complexity index is 955. The molecule has 0 unspecified atom stereocenters. The van der Waals surface area contributed by atoms with E-state index in [4.69, 9.17) is 11.6 Å². The number of hydrogen-bond acceptors (Lipinski definition) is 3. The number of halogens is 2. The van der Waals surface area contributed by atoms with Crippen molar-refractivity contribution < 1.29 is 12.8 Å². The molecule has 0 aliphatic heterocycles. The zero-order valence-electron chi connectivity index (χ0n) is 12.6. The van der Waals surface area contributed by atoms with Crippen molar-refractivity contribution in [1.29, 1.82) is 0 Å². The first-order valence-electron chi connectivity index (χ1n) is 7.26. The van der Waals surface area contributed by atoms with Crippen LogP contribution in [0, 0.1) is 5.82 Å². The number of nitrogens with one attached hydrogen (secondary N) is 1. The van der Waals surface area contributed by atoms with Gasteiger partial charge in [0, 0.05) is 25.4 Å². The predicted molar refractivity (Wildman–Crippen MR) is 90.9 cm³/mol. The lowest BCUT2D eigenvalue weighted by molar-refractivity contribution is 0.580. The highest BCUT2D eigenvalue weighted by Gasteiger charge is 2.11. The first-order chi connectivity index (χ1) is 11.4. The molecule has 0 atom stereocenters. The molecule has 3 aromatic rings. The molecule has 1 N–H and O–H groups in total. The fourth-order valence-corrected chi connectivity index (χ4v) is 3.64. The zero-order chi connectivity index (χ0) is 17.2. The van der Waals surface area contributed by atoms with Crippen molar-refractivity contribution in [2.45, 2.75) is 12.2 Å². The molecule has 2 aromatic heterocycles. The summed E-state index contributed by atoms with van der Waals surface area (Å²) in [6.07, 6.45) is 4.02. The molecule has 1 aromatic carbocycles. The summed E-state index contributed by atoms with van der Waals surface area (Å²) in [6, 6.07) is 8.95. The Morgan fingerprint density at radius 1 is 1.12 bits per heavy atom. The standard InChI is InChI=1S/C16H15ClFN3O2S/c17-13-3-6-16-20-15(10-21(16)9-13)7-8-19-24(22,23)11-12-1-4-14(18)5-2-12/h1-6,9-10,19H,7-8,11H2. The second-order valence-corrected chi connectivity index (χ2v) is 7.62. The van der Waals surface area contributed by atoms with Gasteiger partial charge in [0.2, 0.25) is 10.0 Å². The number of rotatable bonds is 6. The Labute approximate surface area is 144 Å². The van der Waals surface area contributed by atoms with E-state index in [2.05, 4.69) is 9.71 Å². The van der Waals surface area contributed by atoms with Gasteiger partial charge in [-0.05, 0) is 29.8 Å². The number of nitrogens with zero attached hydrogens (tertiary/aromatic N) is 2. The lowest BCUT2D eigenvalue weighted by Gasteiger charge is -2.06. The van der Waals surface area contributed by atoms with Crippen LogP contribution in [0.4, 0.5) is 4.39 Å². The molecule has 0 spiro atoms. The average Bonchev–Trinajstić information content (AvgIpc) is 2.91. The number of hydrogen-bond donors (Lipinski definition) is 1. The SMILES string of the molecule is O=S(=O)(Cc1ccc(F)cc1)NCCc1cn2cc(Cl)ccc2n1. The Morgan fingerprint density at radius 3 is 2.62 bits per heavy atom. The minimum Gasteiger partial charge on any atom is -0.305 e. The third-order valence-electron chi connectivity index (χ3n) is 3.44. The summed E-state index contributed by atoms with van der Waals surface area (Å²) in [5, 5.41) is 0.603. The number of sulfonamides is 1. The van der Waals surface area contributed by atoms with Crippen LogP contribution in [0.15, 0.2) is 48.8 Å². The van der Waals surface area contributed by atoms with Crippen molar-refractivity contribution in [2.75, 3.05) is 6.54 Å². The third-order valence-corrected chi connectivity index (χ3v) is 5.02. The van der Waals surface area contributed by atoms with Gasteiger partial charge >= 0.3 is 0 Å². The summed E-state index contributed by atoms with van der Waals surface area (Å²) in [5.74, 6) is -0.579. The van der Waals surface area contributed by atoms with Gasteiger partial charge < -0.3 is 4.40 Å². The fraction of sp³-hybridized carbons (Fsp3) is 0.188. The molecular formula is C16H15ClFN3O2S. The van der Waals surface area contributed by atoms with Gasteiger partial charge in [-0.1, -0.05) is 23.7 Å². The number of imidazole rings is 1. The second-order valence-electron chi connectivity index (χ2n) is 5.37. The van der Waals surface area contributed by atoms with Gasteiger partial charge in [-0.25, -0.2) is 22.5 Å². The normalized spacial score (nSPS) is 11.9. The van der Waals surface area contributed by atoms with Crippen LogP contribution in [0.5, 0.6) is 0 Å². The van der Waals surface area contributed by atoms with Crippen molar-refractivity contribution >= 4 is 27.3 Å². The maximum Gasteiger partial charge on any atom is 0.215 e. The maximum absolute atomic E-state index is 12.8. The molecule has 24 heavy (non-hydrogen) atoms. The van der Waals surface area contributed by atoms with E-state index in [9.17, 15) is 12.8 Å². The molecule has 2 heterocycles. The van der Waals surface area contributed by atoms with Crippen molar-refractivity contribution in [3.63, 3.8) is 0 Å². The molecule has 3 rings (SSSR count). The summed E-state index contributed by atoms with van der Waals surface area (Å²) < 4.78 is 41.3. The van der Waals surface area contributed by atoms with Gasteiger partial charge in [-0.3, -0.25) is 0 Å². The second kappa shape index (κ2) is 6.88. The van der Waals surface area contributed by atoms with Crippen LogP contribution in [-0.4, -0.2) is 24.3 Å². The van der Waals surface area contributed by atoms with E-state index >= 15 is 0 Å². The number of pyridine rings is 1. The van der Waals surface area contributed by atoms with Gasteiger partial charge in [-0.15, -0.1) is 0 Å². The van der Waals surface area contributed by atoms with E-state index in [1.165, 1.54) is 24.3 Å². The summed E-state index contributed by atoms with van der Waals surface area (Å²) in [5.41, 5.74) is 2.05. The molecule has 0 aliphatic carbocycles. The Hall–Kier alpha value is -1.96. The number of benzene rings is 1. The summed E-state index contributed by atoms with van der Waals surface area (Å²) in [6.45, 7) is 0.237. The van der Waals surface area contributed by atoms with Crippen LogP contribution in [0.2, 0.25) is 5.02 Å². The Morgan fingerprint density at radius 2 is 1.88 bits per heavy atom.